The number of amides is 2. The largest absolute Gasteiger partial charge is 0.469 e. The van der Waals surface area contributed by atoms with E-state index in [2.05, 4.69) is 0 Å². The number of benzene rings is 3. The number of methoxy groups -OCH3 is 2. The second-order valence-electron chi connectivity index (χ2n) is 19.4. The zero-order valence-electron chi connectivity index (χ0n) is 38.4. The fourth-order valence-electron chi connectivity index (χ4n) is 9.14. The molecule has 2 fully saturated rings. The smallest absolute Gasteiger partial charge is 0.306 e. The minimum Gasteiger partial charge on any atom is -0.469 e. The summed E-state index contributed by atoms with van der Waals surface area (Å²) in [4.78, 5) is 82.9. The van der Waals surface area contributed by atoms with E-state index in [1.165, 1.54) is 26.4 Å². The molecule has 0 radical (unpaired) electrons. The molecule has 1 aromatic heterocycles. The van der Waals surface area contributed by atoms with Crippen LogP contribution in [-0.2, 0) is 51.1 Å². The third kappa shape index (κ3) is 10.9. The maximum Gasteiger partial charge on any atom is 0.306 e. The van der Waals surface area contributed by atoms with Crippen molar-refractivity contribution in [2.24, 2.45) is 22.7 Å². The molecule has 64 heavy (non-hydrogen) atoms. The Hall–Kier alpha value is -5.91. The van der Waals surface area contributed by atoms with Gasteiger partial charge in [0.05, 0.1) is 62.4 Å². The van der Waals surface area contributed by atoms with E-state index >= 15 is 0 Å². The molecule has 2 aliphatic heterocycles. The second kappa shape index (κ2) is 19.9. The van der Waals surface area contributed by atoms with Crippen molar-refractivity contribution < 1.29 is 42.6 Å². The predicted octanol–water partition coefficient (Wildman–Crippen LogP) is 8.61. The van der Waals surface area contributed by atoms with Crippen LogP contribution in [0.5, 0.6) is 0 Å². The molecule has 11 nitrogen and oxygen atoms in total. The molecule has 0 N–H and O–H groups in total. The molecule has 3 aromatic carbocycles. The molecule has 340 valence electrons. The summed E-state index contributed by atoms with van der Waals surface area (Å²) in [6, 6.07) is 24.6. The van der Waals surface area contributed by atoms with Crippen LogP contribution in [0.4, 0.5) is 4.39 Å². The van der Waals surface area contributed by atoms with Gasteiger partial charge in [-0.1, -0.05) is 90.1 Å². The third-order valence-electron chi connectivity index (χ3n) is 12.9. The normalized spacial score (nSPS) is 17.5. The van der Waals surface area contributed by atoms with E-state index in [0.717, 1.165) is 39.3 Å². The molecular weight excluding hydrogens is 814 g/mol. The fraction of sp³-hybridized carbons (Fsp3) is 0.462. The first-order valence-corrected chi connectivity index (χ1v) is 22.3. The lowest BCUT2D eigenvalue weighted by Crippen LogP contribution is -2.47. The van der Waals surface area contributed by atoms with E-state index in [9.17, 15) is 33.2 Å². The maximum atomic E-state index is 14.2. The van der Waals surface area contributed by atoms with Crippen LogP contribution in [0.25, 0.3) is 28.2 Å². The summed E-state index contributed by atoms with van der Waals surface area (Å²) in [5, 5.41) is 0. The third-order valence-corrected chi connectivity index (χ3v) is 12.9. The summed E-state index contributed by atoms with van der Waals surface area (Å²) in [5.74, 6) is -2.99. The minimum atomic E-state index is -0.614. The molecule has 0 bridgehead atoms. The monoisotopic (exact) mass is 875 g/mol. The average Bonchev–Trinajstić information content (AvgIpc) is 4.05. The molecule has 2 saturated heterocycles. The lowest BCUT2D eigenvalue weighted by Gasteiger charge is -2.34. The van der Waals surface area contributed by atoms with Gasteiger partial charge in [0.2, 0.25) is 11.8 Å². The van der Waals surface area contributed by atoms with Crippen LogP contribution in [0.3, 0.4) is 0 Å². The Morgan fingerprint density at radius 3 is 1.30 bits per heavy atom. The Morgan fingerprint density at radius 1 is 0.578 bits per heavy atom. The predicted molar refractivity (Wildman–Crippen MR) is 243 cm³/mol. The summed E-state index contributed by atoms with van der Waals surface area (Å²) in [6.45, 7) is 12.4. The summed E-state index contributed by atoms with van der Waals surface area (Å²) in [6.07, 6.45) is 2.76. The molecule has 0 unspecified atom stereocenters. The van der Waals surface area contributed by atoms with Crippen molar-refractivity contribution in [2.45, 2.75) is 105 Å². The van der Waals surface area contributed by atoms with Crippen LogP contribution in [-0.4, -0.2) is 89.1 Å². The molecule has 6 rings (SSSR count). The highest BCUT2D eigenvalue weighted by Gasteiger charge is 2.43. The maximum absolute atomic E-state index is 14.2. The van der Waals surface area contributed by atoms with Gasteiger partial charge in [0.25, 0.3) is 0 Å². The van der Waals surface area contributed by atoms with Gasteiger partial charge in [-0.15, -0.1) is 0 Å². The van der Waals surface area contributed by atoms with Crippen LogP contribution >= 0.6 is 0 Å². The number of carbonyl (C=O) groups is 6. The van der Waals surface area contributed by atoms with Crippen molar-refractivity contribution in [3.8, 4) is 28.2 Å². The molecule has 2 aliphatic rings. The SMILES string of the molecule is COC(=O)C[C@H](C(=O)N1CCC[C@H]1C(=O)Cc1ccc(-c2ccc(-c3ccc(CC(=O)[C@@H]4CCCN4C(=O)[C@@H](CC(=O)OC)C(C)(C)C)cc3)n2-c2ccc(F)cc2)cc1)C(C)(C)C. The number of aromatic nitrogens is 1. The van der Waals surface area contributed by atoms with Crippen molar-refractivity contribution in [1.82, 2.24) is 14.4 Å². The first-order chi connectivity index (χ1) is 30.3. The fourth-order valence-corrected chi connectivity index (χ4v) is 9.14. The molecule has 0 aliphatic carbocycles. The van der Waals surface area contributed by atoms with Crippen LogP contribution in [0.15, 0.2) is 84.9 Å². The van der Waals surface area contributed by atoms with Crippen molar-refractivity contribution in [2.75, 3.05) is 27.3 Å². The van der Waals surface area contributed by atoms with Gasteiger partial charge in [-0.3, -0.25) is 28.8 Å². The van der Waals surface area contributed by atoms with Crippen LogP contribution < -0.4 is 0 Å². The highest BCUT2D eigenvalue weighted by atomic mass is 19.1. The van der Waals surface area contributed by atoms with Gasteiger partial charge < -0.3 is 23.8 Å². The summed E-state index contributed by atoms with van der Waals surface area (Å²) in [5.41, 5.74) is 4.79. The van der Waals surface area contributed by atoms with Crippen LogP contribution in [0, 0.1) is 28.5 Å². The van der Waals surface area contributed by atoms with Gasteiger partial charge in [-0.2, -0.15) is 0 Å². The van der Waals surface area contributed by atoms with Gasteiger partial charge in [0.15, 0.2) is 11.6 Å². The van der Waals surface area contributed by atoms with E-state index in [1.807, 2.05) is 107 Å². The second-order valence-corrected chi connectivity index (χ2v) is 19.4. The lowest BCUT2D eigenvalue weighted by atomic mass is 9.77. The molecule has 4 atom stereocenters. The number of ether oxygens (including phenoxy) is 2. The van der Waals surface area contributed by atoms with Crippen LogP contribution in [0.2, 0.25) is 0 Å². The number of nitrogens with zero attached hydrogens (tertiary/aromatic N) is 3. The Balaban J connectivity index is 1.19. The van der Waals surface area contributed by atoms with Gasteiger partial charge >= 0.3 is 11.9 Å². The Morgan fingerprint density at radius 2 is 0.953 bits per heavy atom. The first-order valence-electron chi connectivity index (χ1n) is 22.3. The number of halogens is 1. The van der Waals surface area contributed by atoms with Crippen LogP contribution in [0.1, 0.15) is 91.2 Å². The number of ketones is 2. The number of rotatable bonds is 15. The van der Waals surface area contributed by atoms with Crippen molar-refractivity contribution in [1.29, 1.82) is 0 Å². The first kappa shape index (κ1) is 47.6. The zero-order chi connectivity index (χ0) is 46.5. The zero-order valence-corrected chi connectivity index (χ0v) is 38.4. The van der Waals surface area contributed by atoms with Gasteiger partial charge in [-0.05, 0) is 95.2 Å². The Bertz CT molecular complexity index is 2200. The highest BCUT2D eigenvalue weighted by molar-refractivity contribution is 5.94. The molecule has 0 saturated carbocycles. The average molecular weight is 876 g/mol. The standard InChI is InChI=1S/C52H62FN3O8/c1-51(2,3)39(31-47(59)63-7)49(61)54-27-9-11-43(54)45(57)29-33-13-17-35(18-14-33)41-25-26-42(56(41)38-23-21-37(53)22-24-38)36-19-15-34(16-20-36)30-46(58)44-12-10-28-55(44)50(62)40(52(4,5)6)32-48(60)64-8/h13-26,39-40,43-44H,9-12,27-32H2,1-8H3/t39-,40-,43+,44+/m1/s1. The van der Waals surface area contributed by atoms with Gasteiger partial charge in [0.1, 0.15) is 5.82 Å². The molecule has 2 amide bonds. The molecule has 3 heterocycles. The molecule has 0 spiro atoms. The minimum absolute atomic E-state index is 0.0457. The van der Waals surface area contributed by atoms with E-state index < -0.39 is 46.7 Å². The van der Waals surface area contributed by atoms with Gasteiger partial charge in [-0.25, -0.2) is 4.39 Å². The number of esters is 2. The topological polar surface area (TPSA) is 132 Å². The van der Waals surface area contributed by atoms with E-state index in [1.54, 1.807) is 21.9 Å². The summed E-state index contributed by atoms with van der Waals surface area (Å²) in [7, 11) is 2.62. The van der Waals surface area contributed by atoms with Crippen molar-refractivity contribution in [3.05, 3.63) is 102 Å². The number of likely N-dealkylation sites (tertiary alicyclic amines) is 2. The summed E-state index contributed by atoms with van der Waals surface area (Å²) >= 11 is 0. The molecular formula is C52H62FN3O8. The lowest BCUT2D eigenvalue weighted by molar-refractivity contribution is -0.151. The van der Waals surface area contributed by atoms with Crippen molar-refractivity contribution in [3.63, 3.8) is 0 Å². The van der Waals surface area contributed by atoms with E-state index in [4.69, 9.17) is 9.47 Å². The van der Waals surface area contributed by atoms with E-state index in [-0.39, 0.29) is 54.9 Å². The number of hydrogen-bond acceptors (Lipinski definition) is 8. The van der Waals surface area contributed by atoms with Crippen molar-refractivity contribution >= 4 is 35.3 Å². The number of Topliss-reactive ketones (excluding diaryl/α,β-unsaturated/α-hetero) is 2. The summed E-state index contributed by atoms with van der Waals surface area (Å²) < 4.78 is 26.0. The quantitative estimate of drug-likeness (QED) is 0.109. The molecule has 12 heteroatoms. The van der Waals surface area contributed by atoms with E-state index in [0.29, 0.717) is 38.8 Å². The number of carbonyl (C=O) groups excluding carboxylic acids is 6. The Kier molecular flexibility index (Phi) is 14.8. The Labute approximate surface area is 376 Å². The van der Waals surface area contributed by atoms with Gasteiger partial charge in [0, 0.05) is 31.6 Å². The number of hydrogen-bond donors (Lipinski definition) is 0. The highest BCUT2D eigenvalue weighted by Crippen LogP contribution is 2.37. The molecule has 4 aromatic rings.